The van der Waals surface area contributed by atoms with Crippen molar-refractivity contribution in [3.8, 4) is 0 Å². The van der Waals surface area contributed by atoms with Gasteiger partial charge >= 0.3 is 13.6 Å². The first kappa shape index (κ1) is 59.7. The van der Waals surface area contributed by atoms with Crippen LogP contribution in [0, 0.1) is 41.4 Å². The lowest BCUT2D eigenvalue weighted by Crippen LogP contribution is -2.65. The van der Waals surface area contributed by atoms with Crippen LogP contribution in [-0.4, -0.2) is 140 Å². The zero-order valence-electron chi connectivity index (χ0n) is 44.8. The van der Waals surface area contributed by atoms with Gasteiger partial charge in [0.25, 0.3) is 11.7 Å². The number of esters is 1. The molecule has 9 unspecified atom stereocenters. The molecule has 4 bridgehead atoms. The minimum absolute atomic E-state index is 0.0100. The van der Waals surface area contributed by atoms with Crippen LogP contribution in [0.5, 0.6) is 0 Å². The highest BCUT2D eigenvalue weighted by Gasteiger charge is 2.57. The van der Waals surface area contributed by atoms with Gasteiger partial charge in [0, 0.05) is 70.5 Å². The monoisotopic (exact) mass is 1030 g/mol. The number of aliphatic hydroxyl groups is 2. The lowest BCUT2D eigenvalue weighted by molar-refractivity contribution is -0.266. The predicted octanol–water partition coefficient (Wildman–Crippen LogP) is 8.06. The normalized spacial score (nSPS) is 40.6. The highest BCUT2D eigenvalue weighted by atomic mass is 31.2. The second kappa shape index (κ2) is 27.0. The van der Waals surface area contributed by atoms with E-state index in [2.05, 4.69) is 0 Å². The molecule has 5 rings (SSSR count). The van der Waals surface area contributed by atoms with Crippen molar-refractivity contribution in [1.29, 1.82) is 0 Å². The van der Waals surface area contributed by atoms with Crippen LogP contribution < -0.4 is 0 Å². The summed E-state index contributed by atoms with van der Waals surface area (Å²) in [6.45, 7) is 14.8. The second-order valence-corrected chi connectivity index (χ2v) is 23.5. The molecule has 4 heterocycles. The lowest BCUT2D eigenvalue weighted by Gasteiger charge is -2.50. The summed E-state index contributed by atoms with van der Waals surface area (Å²) in [5, 5.41) is 23.7. The Hall–Kier alpha value is -3.18. The molecule has 2 N–H and O–H groups in total. The van der Waals surface area contributed by atoms with Crippen LogP contribution in [-0.2, 0) is 61.3 Å². The van der Waals surface area contributed by atoms with Gasteiger partial charge in [-0.1, -0.05) is 71.1 Å². The molecule has 17 atom stereocenters. The van der Waals surface area contributed by atoms with Gasteiger partial charge in [-0.05, 0) is 114 Å². The third-order valence-electron chi connectivity index (χ3n) is 16.0. The summed E-state index contributed by atoms with van der Waals surface area (Å²) in [7, 11) is 1.17. The number of ether oxygens (including phenoxy) is 5. The van der Waals surface area contributed by atoms with Crippen molar-refractivity contribution in [3.63, 3.8) is 0 Å². The lowest BCUT2D eigenvalue weighted by atomic mass is 9.68. The van der Waals surface area contributed by atoms with E-state index in [4.69, 9.17) is 32.7 Å². The van der Waals surface area contributed by atoms with Gasteiger partial charge in [0.05, 0.1) is 31.0 Å². The fourth-order valence-corrected chi connectivity index (χ4v) is 13.7. The summed E-state index contributed by atoms with van der Waals surface area (Å²) >= 11 is 0. The SMILES string of the molecule is CCCP(=O)(OCC)O[C@@H]1CCC(C[C@H]2C3CCCN4C(=O)C(=O)C5(O)O[C@@H](CCC5C)C[C@H](OC)/C(C)=C/C=C/C=C/[C@@H](C)CC(C)C(=O)[C@H](OC)C(O)/C(C)=C/[C@@H](C)C(=O)C[C@@H]2OC(=O)C34)CC1OC. The number of fused-ring (bicyclic) bond motifs is 4. The Labute approximate surface area is 428 Å². The average Bonchev–Trinajstić information content (AvgIpc) is 3.34. The molecule has 1 aliphatic carbocycles. The number of piperidine rings is 1. The first-order valence-corrected chi connectivity index (χ1v) is 28.3. The van der Waals surface area contributed by atoms with Crippen LogP contribution in [0.25, 0.3) is 0 Å². The Morgan fingerprint density at radius 3 is 2.26 bits per heavy atom. The second-order valence-electron chi connectivity index (χ2n) is 21.3. The quantitative estimate of drug-likeness (QED) is 0.0868. The molecule has 1 saturated carbocycles. The maximum absolute atomic E-state index is 14.6. The molecule has 0 aromatic rings. The molecule has 406 valence electrons. The molecule has 0 radical (unpaired) electrons. The van der Waals surface area contributed by atoms with Crippen LogP contribution in [0.1, 0.15) is 132 Å². The summed E-state index contributed by atoms with van der Waals surface area (Å²) in [4.78, 5) is 72.9. The molecule has 0 aromatic carbocycles. The van der Waals surface area contributed by atoms with Crippen LogP contribution >= 0.6 is 7.60 Å². The summed E-state index contributed by atoms with van der Waals surface area (Å²) in [6, 6.07) is -1.16. The van der Waals surface area contributed by atoms with Gasteiger partial charge in [-0.2, -0.15) is 0 Å². The Morgan fingerprint density at radius 2 is 1.60 bits per heavy atom. The number of carbonyl (C=O) groups excluding carboxylic acids is 5. The highest BCUT2D eigenvalue weighted by Crippen LogP contribution is 2.53. The number of carbonyl (C=O) groups is 5. The van der Waals surface area contributed by atoms with Crippen LogP contribution in [0.3, 0.4) is 0 Å². The molecular formula is C55H86NO15P. The topological polar surface area (TPSA) is 211 Å². The van der Waals surface area contributed by atoms with Crippen LogP contribution in [0.4, 0.5) is 0 Å². The zero-order chi connectivity index (χ0) is 53.1. The largest absolute Gasteiger partial charge is 0.460 e. The van der Waals surface area contributed by atoms with E-state index >= 15 is 0 Å². The van der Waals surface area contributed by atoms with Gasteiger partial charge in [-0.15, -0.1) is 0 Å². The smallest absolute Gasteiger partial charge is 0.331 e. The van der Waals surface area contributed by atoms with Crippen molar-refractivity contribution in [2.75, 3.05) is 40.6 Å². The standard InChI is InChI=1S/C55H86NO15P/c1-12-26-72(64,68-13-2)71-44-24-22-39(30-47(44)66-10)29-42-41-20-17-25-56-48(41)54(62)69-46(42)32-43(57)35(5)28-37(7)50(59)51(67-11)49(58)36(6)27-33(3)18-15-14-16-19-34(4)45(65-9)31-40-23-21-38(8)55(63,70-40)52(60)53(56)61/h14-16,18-19,28,33,35-36,38-42,44-48,50-51,59,63H,12-13,17,20-27,29-32H2,1-11H3/b16-14+,18-15+,34-19+,37-28+/t33-,35-,36?,38?,39?,40+,41?,42+,44-,45+,46+,47?,48?,50?,51+,55?,72?/m1/s1. The van der Waals surface area contributed by atoms with Crippen molar-refractivity contribution in [2.45, 2.75) is 187 Å². The zero-order valence-corrected chi connectivity index (χ0v) is 45.7. The number of nitrogens with zero attached hydrogens (tertiary/aromatic N) is 1. The molecule has 17 heteroatoms. The highest BCUT2D eigenvalue weighted by molar-refractivity contribution is 7.53. The minimum Gasteiger partial charge on any atom is -0.460 e. The Bertz CT molecular complexity index is 2040. The number of aliphatic hydroxyl groups excluding tert-OH is 1. The van der Waals surface area contributed by atoms with E-state index in [1.54, 1.807) is 48.0 Å². The summed E-state index contributed by atoms with van der Waals surface area (Å²) < 4.78 is 55.5. The van der Waals surface area contributed by atoms with Crippen molar-refractivity contribution in [1.82, 2.24) is 4.90 Å². The van der Waals surface area contributed by atoms with Crippen molar-refractivity contribution in [2.24, 2.45) is 41.4 Å². The number of rotatable bonds is 11. The van der Waals surface area contributed by atoms with E-state index in [0.29, 0.717) is 76.2 Å². The number of allylic oxidation sites excluding steroid dienone is 6. The third kappa shape index (κ3) is 14.6. The van der Waals surface area contributed by atoms with E-state index in [-0.39, 0.29) is 49.1 Å². The Balaban J connectivity index is 1.51. The summed E-state index contributed by atoms with van der Waals surface area (Å²) in [6.07, 6.45) is 11.4. The van der Waals surface area contributed by atoms with Gasteiger partial charge < -0.3 is 47.8 Å². The van der Waals surface area contributed by atoms with Crippen LogP contribution in [0.15, 0.2) is 47.6 Å². The van der Waals surface area contributed by atoms with E-state index in [9.17, 15) is 38.8 Å². The van der Waals surface area contributed by atoms with E-state index in [0.717, 1.165) is 5.57 Å². The predicted molar refractivity (Wildman–Crippen MR) is 272 cm³/mol. The maximum atomic E-state index is 14.6. The average molecular weight is 1030 g/mol. The van der Waals surface area contributed by atoms with Crippen molar-refractivity contribution < 1.29 is 71.5 Å². The van der Waals surface area contributed by atoms with Gasteiger partial charge in [0.1, 0.15) is 30.1 Å². The molecule has 0 aromatic heterocycles. The molecular weight excluding hydrogens is 946 g/mol. The number of ketones is 3. The van der Waals surface area contributed by atoms with Gasteiger partial charge in [0.2, 0.25) is 5.79 Å². The van der Waals surface area contributed by atoms with Gasteiger partial charge in [-0.25, -0.2) is 4.79 Å². The minimum atomic E-state index is -3.38. The number of hydrogen-bond donors (Lipinski definition) is 2. The first-order chi connectivity index (χ1) is 34.1. The molecule has 3 saturated heterocycles. The number of amides is 1. The first-order valence-electron chi connectivity index (χ1n) is 26.6. The fourth-order valence-electron chi connectivity index (χ4n) is 11.9. The van der Waals surface area contributed by atoms with Crippen molar-refractivity contribution in [3.05, 3.63) is 47.6 Å². The summed E-state index contributed by atoms with van der Waals surface area (Å²) in [5.74, 6) is -8.78. The Kier molecular flexibility index (Phi) is 22.4. The Morgan fingerprint density at radius 1 is 0.861 bits per heavy atom. The molecule has 0 spiro atoms. The van der Waals surface area contributed by atoms with Crippen molar-refractivity contribution >= 4 is 36.8 Å². The molecule has 4 aliphatic heterocycles. The van der Waals surface area contributed by atoms with Gasteiger partial charge in [0.15, 0.2) is 5.78 Å². The van der Waals surface area contributed by atoms with Gasteiger partial charge in [-0.3, -0.25) is 23.7 Å². The summed E-state index contributed by atoms with van der Waals surface area (Å²) in [5.41, 5.74) is 1.26. The molecule has 1 amide bonds. The number of hydrogen-bond acceptors (Lipinski definition) is 15. The van der Waals surface area contributed by atoms with E-state index in [1.165, 1.54) is 12.0 Å². The van der Waals surface area contributed by atoms with Crippen LogP contribution in [0.2, 0.25) is 0 Å². The third-order valence-corrected chi connectivity index (χ3v) is 18.2. The van der Waals surface area contributed by atoms with E-state index < -0.39 is 109 Å². The molecule has 72 heavy (non-hydrogen) atoms. The molecule has 16 nitrogen and oxygen atoms in total. The van der Waals surface area contributed by atoms with E-state index in [1.807, 2.05) is 58.1 Å². The number of methoxy groups -OCH3 is 3. The maximum Gasteiger partial charge on any atom is 0.331 e. The number of Topliss-reactive ketones (excluding diaryl/α,β-unsaturated/α-hetero) is 3. The fraction of sp³-hybridized carbons (Fsp3) is 0.764. The molecule has 5 aliphatic rings. The molecule has 4 fully saturated rings.